The largest absolute Gasteiger partial charge is 0.493 e. The van der Waals surface area contributed by atoms with Gasteiger partial charge in [-0.15, -0.1) is 12.4 Å². The number of nitrogens with two attached hydrogens (primary N) is 2. The molecule has 2 rings (SSSR count). The number of carbonyl (C=O) groups is 1. The lowest BCUT2D eigenvalue weighted by molar-refractivity contribution is -0.119. The van der Waals surface area contributed by atoms with Crippen LogP contribution in [0.2, 0.25) is 0 Å². The van der Waals surface area contributed by atoms with E-state index in [-0.39, 0.29) is 23.9 Å². The van der Waals surface area contributed by atoms with Crippen molar-refractivity contribution in [1.82, 2.24) is 5.32 Å². The van der Waals surface area contributed by atoms with Gasteiger partial charge in [0.2, 0.25) is 10.0 Å². The van der Waals surface area contributed by atoms with E-state index in [1.165, 1.54) is 19.2 Å². The van der Waals surface area contributed by atoms with Crippen LogP contribution in [0.3, 0.4) is 0 Å². The first-order valence-corrected chi connectivity index (χ1v) is 9.74. The van der Waals surface area contributed by atoms with Gasteiger partial charge in [-0.2, -0.15) is 0 Å². The molecule has 0 aliphatic rings. The summed E-state index contributed by atoms with van der Waals surface area (Å²) < 4.78 is 33.0. The van der Waals surface area contributed by atoms with E-state index in [2.05, 4.69) is 5.32 Å². The van der Waals surface area contributed by atoms with Crippen molar-refractivity contribution in [1.29, 1.82) is 0 Å². The van der Waals surface area contributed by atoms with Crippen LogP contribution in [0.25, 0.3) is 0 Å². The monoisotopic (exact) mass is 429 g/mol. The van der Waals surface area contributed by atoms with Crippen LogP contribution in [-0.2, 0) is 27.8 Å². The molecule has 154 valence electrons. The Bertz CT molecular complexity index is 889. The van der Waals surface area contributed by atoms with Crippen LogP contribution in [0.5, 0.6) is 11.5 Å². The second kappa shape index (κ2) is 10.9. The topological polar surface area (TPSA) is 134 Å². The summed E-state index contributed by atoms with van der Waals surface area (Å²) in [6.07, 6.45) is 0.738. The summed E-state index contributed by atoms with van der Waals surface area (Å²) in [5, 5.41) is 8.38. The lowest BCUT2D eigenvalue weighted by Crippen LogP contribution is -2.20. The molecule has 0 fully saturated rings. The van der Waals surface area contributed by atoms with Gasteiger partial charge in [0.25, 0.3) is 5.91 Å². The Morgan fingerprint density at radius 3 is 2.29 bits per heavy atom. The standard InChI is InChI=1S/C18H23N3O5S.ClH/c1-25-17-10-14(4-7-16(17)26-12-18(19)22)11-21-9-8-13-2-5-15(6-3-13)27(20,23)24;/h2-7,10,21H,8-9,11-12H2,1H3,(H2,19,22)(H2,20,23,24);1H. The normalized spacial score (nSPS) is 10.8. The zero-order chi connectivity index (χ0) is 19.9. The molecule has 0 radical (unpaired) electrons. The van der Waals surface area contributed by atoms with E-state index in [9.17, 15) is 13.2 Å². The first-order chi connectivity index (χ1) is 12.8. The first-order valence-electron chi connectivity index (χ1n) is 8.20. The van der Waals surface area contributed by atoms with E-state index in [1.807, 2.05) is 12.1 Å². The van der Waals surface area contributed by atoms with Crippen molar-refractivity contribution in [2.75, 3.05) is 20.3 Å². The number of sulfonamides is 1. The third-order valence-corrected chi connectivity index (χ3v) is 4.70. The maximum atomic E-state index is 11.2. The van der Waals surface area contributed by atoms with Gasteiger partial charge in [-0.3, -0.25) is 4.79 Å². The number of benzene rings is 2. The number of halogens is 1. The molecule has 2 aromatic carbocycles. The van der Waals surface area contributed by atoms with Crippen LogP contribution in [0.4, 0.5) is 0 Å². The Labute approximate surface area is 170 Å². The maximum Gasteiger partial charge on any atom is 0.255 e. The zero-order valence-corrected chi connectivity index (χ0v) is 17.0. The Kier molecular flexibility index (Phi) is 9.20. The summed E-state index contributed by atoms with van der Waals surface area (Å²) in [5.41, 5.74) is 7.06. The molecule has 0 aliphatic carbocycles. The highest BCUT2D eigenvalue weighted by molar-refractivity contribution is 7.89. The Balaban J connectivity index is 0.00000392. The maximum absolute atomic E-state index is 11.2. The molecule has 0 aliphatic heterocycles. The van der Waals surface area contributed by atoms with E-state index in [1.54, 1.807) is 18.2 Å². The van der Waals surface area contributed by atoms with Gasteiger partial charge in [0.05, 0.1) is 12.0 Å². The minimum absolute atomic E-state index is 0. The average molecular weight is 430 g/mol. The fourth-order valence-corrected chi connectivity index (χ4v) is 2.92. The van der Waals surface area contributed by atoms with Crippen molar-refractivity contribution < 1.29 is 22.7 Å². The number of carbonyl (C=O) groups excluding carboxylic acids is 1. The van der Waals surface area contributed by atoms with Crippen molar-refractivity contribution in [3.05, 3.63) is 53.6 Å². The summed E-state index contributed by atoms with van der Waals surface area (Å²) in [6.45, 7) is 1.11. The highest BCUT2D eigenvalue weighted by atomic mass is 35.5. The predicted molar refractivity (Wildman–Crippen MR) is 108 cm³/mol. The van der Waals surface area contributed by atoms with E-state index in [4.69, 9.17) is 20.3 Å². The van der Waals surface area contributed by atoms with Gasteiger partial charge >= 0.3 is 0 Å². The molecule has 5 N–H and O–H groups in total. The molecule has 0 atom stereocenters. The van der Waals surface area contributed by atoms with Gasteiger partial charge in [0.1, 0.15) is 0 Å². The van der Waals surface area contributed by atoms with Crippen molar-refractivity contribution in [2.45, 2.75) is 17.9 Å². The van der Waals surface area contributed by atoms with Gasteiger partial charge in [-0.1, -0.05) is 18.2 Å². The minimum Gasteiger partial charge on any atom is -0.493 e. The molecule has 0 heterocycles. The fraction of sp³-hybridized carbons (Fsp3) is 0.278. The summed E-state index contributed by atoms with van der Waals surface area (Å²) in [6, 6.07) is 11.9. The predicted octanol–water partition coefficient (Wildman–Crippen LogP) is 0.961. The van der Waals surface area contributed by atoms with Crippen LogP contribution < -0.4 is 25.7 Å². The number of hydrogen-bond acceptors (Lipinski definition) is 6. The lowest BCUT2D eigenvalue weighted by Gasteiger charge is -2.12. The van der Waals surface area contributed by atoms with Crippen LogP contribution in [-0.4, -0.2) is 34.6 Å². The Morgan fingerprint density at radius 2 is 1.71 bits per heavy atom. The summed E-state index contributed by atoms with van der Waals surface area (Å²) in [7, 11) is -2.14. The molecule has 0 spiro atoms. The number of primary sulfonamides is 1. The first kappa shape index (κ1) is 23.7. The summed E-state index contributed by atoms with van der Waals surface area (Å²) >= 11 is 0. The zero-order valence-electron chi connectivity index (χ0n) is 15.4. The third kappa shape index (κ3) is 7.35. The molecule has 2 aromatic rings. The molecule has 10 heteroatoms. The molecule has 0 unspecified atom stereocenters. The third-order valence-electron chi connectivity index (χ3n) is 3.77. The molecular formula is C18H24ClN3O5S. The van der Waals surface area contributed by atoms with Gasteiger partial charge in [0, 0.05) is 6.54 Å². The molecular weight excluding hydrogens is 406 g/mol. The second-order valence-electron chi connectivity index (χ2n) is 5.86. The van der Waals surface area contributed by atoms with Gasteiger partial charge < -0.3 is 20.5 Å². The highest BCUT2D eigenvalue weighted by Gasteiger charge is 2.08. The number of amides is 1. The smallest absolute Gasteiger partial charge is 0.255 e. The molecule has 0 aromatic heterocycles. The van der Waals surface area contributed by atoms with Crippen molar-refractivity contribution in [3.63, 3.8) is 0 Å². The SMILES string of the molecule is COc1cc(CNCCc2ccc(S(N)(=O)=O)cc2)ccc1OCC(N)=O.Cl. The number of nitrogens with one attached hydrogen (secondary N) is 1. The molecule has 8 nitrogen and oxygen atoms in total. The quantitative estimate of drug-likeness (QED) is 0.481. The van der Waals surface area contributed by atoms with Gasteiger partial charge in [0.15, 0.2) is 18.1 Å². The summed E-state index contributed by atoms with van der Waals surface area (Å²) in [5.74, 6) is 0.420. The molecule has 1 amide bonds. The molecule has 0 saturated heterocycles. The Morgan fingerprint density at radius 1 is 1.07 bits per heavy atom. The Hall–Kier alpha value is -2.33. The fourth-order valence-electron chi connectivity index (χ4n) is 2.40. The number of methoxy groups -OCH3 is 1. The van der Waals surface area contributed by atoms with Gasteiger partial charge in [-0.25, -0.2) is 13.6 Å². The molecule has 0 bridgehead atoms. The molecule has 0 saturated carbocycles. The van der Waals surface area contributed by atoms with Crippen LogP contribution >= 0.6 is 12.4 Å². The van der Waals surface area contributed by atoms with Crippen molar-refractivity contribution in [3.8, 4) is 11.5 Å². The van der Waals surface area contributed by atoms with Crippen molar-refractivity contribution >= 4 is 28.3 Å². The summed E-state index contributed by atoms with van der Waals surface area (Å²) in [4.78, 5) is 10.9. The van der Waals surface area contributed by atoms with E-state index >= 15 is 0 Å². The molecule has 28 heavy (non-hydrogen) atoms. The van der Waals surface area contributed by atoms with Crippen LogP contribution in [0, 0.1) is 0 Å². The number of rotatable bonds is 10. The van der Waals surface area contributed by atoms with E-state index in [0.717, 1.165) is 17.5 Å². The van der Waals surface area contributed by atoms with E-state index in [0.29, 0.717) is 24.6 Å². The van der Waals surface area contributed by atoms with Crippen molar-refractivity contribution in [2.24, 2.45) is 10.9 Å². The number of primary amides is 1. The minimum atomic E-state index is -3.66. The highest BCUT2D eigenvalue weighted by Crippen LogP contribution is 2.27. The lowest BCUT2D eigenvalue weighted by atomic mass is 10.1. The van der Waals surface area contributed by atoms with Crippen LogP contribution in [0.15, 0.2) is 47.4 Å². The second-order valence-corrected chi connectivity index (χ2v) is 7.42. The average Bonchev–Trinajstić information content (AvgIpc) is 2.63. The van der Waals surface area contributed by atoms with Crippen LogP contribution in [0.1, 0.15) is 11.1 Å². The van der Waals surface area contributed by atoms with E-state index < -0.39 is 15.9 Å². The number of ether oxygens (including phenoxy) is 2. The van der Waals surface area contributed by atoms with Gasteiger partial charge in [-0.05, 0) is 48.4 Å². The number of hydrogen-bond donors (Lipinski definition) is 3.